The van der Waals surface area contributed by atoms with Crippen molar-refractivity contribution in [2.24, 2.45) is 5.92 Å². The van der Waals surface area contributed by atoms with E-state index >= 15 is 0 Å². The Morgan fingerprint density at radius 2 is 1.78 bits per heavy atom. The second-order valence-corrected chi connectivity index (χ2v) is 10.4. The first-order valence-electron chi connectivity index (χ1n) is 13.1. The lowest BCUT2D eigenvalue weighted by atomic mass is 10.1. The number of nitrogens with zero attached hydrogens (tertiary/aromatic N) is 6. The Balaban J connectivity index is 1.63. The van der Waals surface area contributed by atoms with Crippen LogP contribution in [0.3, 0.4) is 0 Å². The van der Waals surface area contributed by atoms with Crippen LogP contribution in [0.4, 0.5) is 5.69 Å². The van der Waals surface area contributed by atoms with Crippen LogP contribution in [0.15, 0.2) is 48.7 Å². The van der Waals surface area contributed by atoms with Crippen molar-refractivity contribution in [3.63, 3.8) is 0 Å². The van der Waals surface area contributed by atoms with Crippen molar-refractivity contribution in [2.45, 2.75) is 47.1 Å². The third-order valence-electron chi connectivity index (χ3n) is 6.71. The molecule has 0 unspecified atom stereocenters. The molecule has 0 fully saturated rings. The van der Waals surface area contributed by atoms with Crippen LogP contribution in [0.25, 0.3) is 5.82 Å². The lowest BCUT2D eigenvalue weighted by Crippen LogP contribution is -2.37. The van der Waals surface area contributed by atoms with E-state index in [-0.39, 0.29) is 17.7 Å². The molecule has 3 heterocycles. The maximum absolute atomic E-state index is 13.7. The van der Waals surface area contributed by atoms with E-state index in [1.54, 1.807) is 10.9 Å². The van der Waals surface area contributed by atoms with Crippen LogP contribution in [0.5, 0.6) is 0 Å². The summed E-state index contributed by atoms with van der Waals surface area (Å²) in [5.74, 6) is 1.02. The third-order valence-corrected chi connectivity index (χ3v) is 6.71. The molecule has 0 saturated carbocycles. The monoisotopic (exact) mass is 502 g/mol. The Labute approximate surface area is 219 Å². The van der Waals surface area contributed by atoms with E-state index in [0.717, 1.165) is 42.1 Å². The number of amides is 2. The minimum Gasteiger partial charge on any atom is -0.333 e. The van der Waals surface area contributed by atoms with Crippen molar-refractivity contribution in [1.29, 1.82) is 0 Å². The molecule has 0 bridgehead atoms. The summed E-state index contributed by atoms with van der Waals surface area (Å²) < 4.78 is 1.78. The van der Waals surface area contributed by atoms with E-state index in [2.05, 4.69) is 35.9 Å². The Hall–Kier alpha value is -3.52. The molecule has 8 nitrogen and oxygen atoms in total. The molecule has 0 radical (unpaired) electrons. The van der Waals surface area contributed by atoms with Gasteiger partial charge in [-0.25, -0.2) is 9.67 Å². The summed E-state index contributed by atoms with van der Waals surface area (Å²) >= 11 is 0. The zero-order chi connectivity index (χ0) is 26.5. The molecular weight excluding hydrogens is 464 g/mol. The van der Waals surface area contributed by atoms with Gasteiger partial charge in [-0.3, -0.25) is 9.59 Å². The fourth-order valence-corrected chi connectivity index (χ4v) is 4.79. The molecule has 2 aromatic heterocycles. The summed E-state index contributed by atoms with van der Waals surface area (Å²) in [6, 6.07) is 13.6. The number of carbonyl (C=O) groups is 2. The molecule has 0 N–H and O–H groups in total. The van der Waals surface area contributed by atoms with Gasteiger partial charge in [0, 0.05) is 50.2 Å². The fraction of sp³-hybridized carbons (Fsp3) is 0.448. The number of rotatable bonds is 4. The Bertz CT molecular complexity index is 1230. The van der Waals surface area contributed by atoms with Crippen LogP contribution in [0, 0.1) is 19.8 Å². The lowest BCUT2D eigenvalue weighted by Gasteiger charge is -2.28. The van der Waals surface area contributed by atoms with Gasteiger partial charge in [0.05, 0.1) is 11.3 Å². The second kappa shape index (κ2) is 11.7. The number of benzene rings is 1. The molecule has 2 amide bonds. The number of carbonyl (C=O) groups excluding carboxylic acids is 2. The van der Waals surface area contributed by atoms with Crippen molar-refractivity contribution in [3.8, 4) is 5.82 Å². The predicted molar refractivity (Wildman–Crippen MR) is 146 cm³/mol. The number of aryl methyl sites for hydroxylation is 2. The minimum absolute atomic E-state index is 0.0741. The summed E-state index contributed by atoms with van der Waals surface area (Å²) in [5.41, 5.74) is 4.32. The van der Waals surface area contributed by atoms with E-state index in [4.69, 9.17) is 0 Å². The zero-order valence-corrected chi connectivity index (χ0v) is 22.6. The van der Waals surface area contributed by atoms with Gasteiger partial charge in [-0.1, -0.05) is 32.0 Å². The predicted octanol–water partition coefficient (Wildman–Crippen LogP) is 4.24. The smallest absolute Gasteiger partial charge is 0.255 e. The summed E-state index contributed by atoms with van der Waals surface area (Å²) in [5, 5.41) is 4.49. The maximum atomic E-state index is 13.7. The van der Waals surface area contributed by atoms with E-state index in [0.29, 0.717) is 37.4 Å². The van der Waals surface area contributed by atoms with Crippen molar-refractivity contribution in [1.82, 2.24) is 24.6 Å². The summed E-state index contributed by atoms with van der Waals surface area (Å²) in [7, 11) is 2.07. The molecule has 8 heteroatoms. The van der Waals surface area contributed by atoms with Gasteiger partial charge >= 0.3 is 0 Å². The number of likely N-dealkylation sites (N-methyl/N-ethyl adjacent to an activating group) is 1. The SMILES string of the molecule is Cc1cc(C)n(-c2ccc(C(=O)N3CCN(C)CCCN(C(=O)CC(C)C)c4ccccc4C3)cn2)n1. The van der Waals surface area contributed by atoms with Crippen LogP contribution in [-0.4, -0.2) is 69.6 Å². The van der Waals surface area contributed by atoms with Gasteiger partial charge in [-0.2, -0.15) is 5.10 Å². The van der Waals surface area contributed by atoms with E-state index < -0.39 is 0 Å². The van der Waals surface area contributed by atoms with E-state index in [1.807, 2.05) is 66.1 Å². The van der Waals surface area contributed by atoms with Gasteiger partial charge in [-0.05, 0) is 69.6 Å². The molecule has 3 aromatic rings. The summed E-state index contributed by atoms with van der Waals surface area (Å²) in [4.78, 5) is 37.5. The largest absolute Gasteiger partial charge is 0.333 e. The highest BCUT2D eigenvalue weighted by atomic mass is 16.2. The number of aromatic nitrogens is 3. The molecule has 1 aliphatic heterocycles. The van der Waals surface area contributed by atoms with Gasteiger partial charge in [0.15, 0.2) is 5.82 Å². The number of para-hydroxylation sites is 1. The van der Waals surface area contributed by atoms with Crippen LogP contribution in [0.1, 0.15) is 54.0 Å². The number of anilines is 1. The number of fused-ring (bicyclic) bond motifs is 1. The Kier molecular flexibility index (Phi) is 8.38. The fourth-order valence-electron chi connectivity index (χ4n) is 4.79. The highest BCUT2D eigenvalue weighted by molar-refractivity contribution is 5.95. The van der Waals surface area contributed by atoms with Crippen LogP contribution < -0.4 is 4.90 Å². The summed E-state index contributed by atoms with van der Waals surface area (Å²) in [6.45, 7) is 11.4. The quantitative estimate of drug-likeness (QED) is 0.534. The van der Waals surface area contributed by atoms with Crippen LogP contribution in [0.2, 0.25) is 0 Å². The number of hydrogen-bond donors (Lipinski definition) is 0. The Morgan fingerprint density at radius 3 is 2.46 bits per heavy atom. The highest BCUT2D eigenvalue weighted by Gasteiger charge is 2.24. The van der Waals surface area contributed by atoms with Crippen LogP contribution in [-0.2, 0) is 11.3 Å². The second-order valence-electron chi connectivity index (χ2n) is 10.4. The van der Waals surface area contributed by atoms with Gasteiger partial charge in [0.1, 0.15) is 0 Å². The first-order valence-corrected chi connectivity index (χ1v) is 13.1. The molecule has 196 valence electrons. The molecule has 4 rings (SSSR count). The van der Waals surface area contributed by atoms with Crippen molar-refractivity contribution >= 4 is 17.5 Å². The summed E-state index contributed by atoms with van der Waals surface area (Å²) in [6.07, 6.45) is 3.01. The first kappa shape index (κ1) is 26.5. The number of pyridine rings is 1. The zero-order valence-electron chi connectivity index (χ0n) is 22.6. The molecule has 0 atom stereocenters. The topological polar surface area (TPSA) is 74.6 Å². The Morgan fingerprint density at radius 1 is 1.00 bits per heavy atom. The molecular formula is C29H38N6O2. The molecule has 0 aliphatic carbocycles. The first-order chi connectivity index (χ1) is 17.7. The van der Waals surface area contributed by atoms with Gasteiger partial charge in [0.25, 0.3) is 5.91 Å². The molecule has 1 aliphatic rings. The third kappa shape index (κ3) is 6.43. The van der Waals surface area contributed by atoms with Crippen molar-refractivity contribution in [3.05, 3.63) is 71.2 Å². The van der Waals surface area contributed by atoms with Gasteiger partial charge < -0.3 is 14.7 Å². The molecule has 1 aromatic carbocycles. The van der Waals surface area contributed by atoms with E-state index in [9.17, 15) is 9.59 Å². The van der Waals surface area contributed by atoms with Gasteiger partial charge in [0.2, 0.25) is 5.91 Å². The molecule has 0 saturated heterocycles. The van der Waals surface area contributed by atoms with Crippen molar-refractivity contribution < 1.29 is 9.59 Å². The standard InChI is InChI=1S/C29H38N6O2/c1-21(2)17-28(36)34-14-8-13-32(5)15-16-33(20-25-9-6-7-10-26(25)34)29(37)24-11-12-27(30-19-24)35-23(4)18-22(3)31-35/h6-7,9-12,18-19,21H,8,13-17,20H2,1-5H3. The van der Waals surface area contributed by atoms with E-state index in [1.165, 1.54) is 0 Å². The van der Waals surface area contributed by atoms with Crippen molar-refractivity contribution in [2.75, 3.05) is 38.1 Å². The van der Waals surface area contributed by atoms with Crippen LogP contribution >= 0.6 is 0 Å². The highest BCUT2D eigenvalue weighted by Crippen LogP contribution is 2.25. The molecule has 37 heavy (non-hydrogen) atoms. The average molecular weight is 503 g/mol. The molecule has 0 spiro atoms. The average Bonchev–Trinajstić information content (AvgIpc) is 3.20. The van der Waals surface area contributed by atoms with Gasteiger partial charge in [-0.15, -0.1) is 0 Å². The maximum Gasteiger partial charge on any atom is 0.255 e. The number of hydrogen-bond acceptors (Lipinski definition) is 5. The lowest BCUT2D eigenvalue weighted by molar-refractivity contribution is -0.119. The normalized spacial score (nSPS) is 15.4. The minimum atomic E-state index is -0.0741.